The highest BCUT2D eigenvalue weighted by molar-refractivity contribution is 6.25. The second kappa shape index (κ2) is 8.09. The molecule has 11 nitrogen and oxygen atoms in total. The number of hydrogen-bond acceptors (Lipinski definition) is 10. The summed E-state index contributed by atoms with van der Waals surface area (Å²) in [5.74, 6) is -6.44. The molecule has 0 aliphatic heterocycles. The van der Waals surface area contributed by atoms with Gasteiger partial charge in [-0.15, -0.1) is 6.42 Å². The van der Waals surface area contributed by atoms with Crippen molar-refractivity contribution in [1.82, 2.24) is 4.90 Å². The Balaban J connectivity index is 2.06. The summed E-state index contributed by atoms with van der Waals surface area (Å²) in [5.41, 5.74) is 1.57. The highest BCUT2D eigenvalue weighted by Gasteiger charge is 2.66. The second-order valence-corrected chi connectivity index (χ2v) is 9.73. The molecule has 1 aromatic carbocycles. The van der Waals surface area contributed by atoms with Crippen LogP contribution in [0.1, 0.15) is 21.5 Å². The molecule has 0 bridgehead atoms. The van der Waals surface area contributed by atoms with E-state index >= 15 is 0 Å². The van der Waals surface area contributed by atoms with Crippen molar-refractivity contribution in [3.8, 4) is 18.1 Å². The van der Waals surface area contributed by atoms with Gasteiger partial charge in [0.15, 0.2) is 11.4 Å². The van der Waals surface area contributed by atoms with E-state index in [1.54, 1.807) is 19.0 Å². The molecule has 1 amide bonds. The molecule has 0 radical (unpaired) electrons. The molecule has 1 aromatic rings. The van der Waals surface area contributed by atoms with Crippen LogP contribution >= 0.6 is 0 Å². The van der Waals surface area contributed by atoms with E-state index in [2.05, 4.69) is 5.92 Å². The molecular weight excluding hydrogens is 470 g/mol. The number of aromatic hydroxyl groups is 1. The predicted octanol–water partition coefficient (Wildman–Crippen LogP) is -0.861. The van der Waals surface area contributed by atoms with Gasteiger partial charge >= 0.3 is 0 Å². The Morgan fingerprint density at radius 1 is 1.19 bits per heavy atom. The maximum absolute atomic E-state index is 13.7. The Morgan fingerprint density at radius 2 is 1.81 bits per heavy atom. The van der Waals surface area contributed by atoms with E-state index in [-0.39, 0.29) is 17.5 Å². The van der Waals surface area contributed by atoms with E-state index < -0.39 is 75.5 Å². The van der Waals surface area contributed by atoms with Crippen LogP contribution in [-0.4, -0.2) is 93.8 Å². The number of fused-ring (bicyclic) bond motifs is 3. The standard InChI is InChI=1S/C25H27N3O8/c1-6-9-7-12(27(2)3)10-8-11-14(20(31)13(10)18(9)29)22(33)25(36)16(19(11)30)17(28(4)5)21(32)15(23(25)34)24(26)35/h1,7,11,16-17,19,29-30,32-33,36H,8H2,2-5H3,(H2,26,35)/t11-,16-,17+,19+,25+/m1/s1. The number of hydrogen-bond donors (Lipinski definition) is 6. The first-order valence-corrected chi connectivity index (χ1v) is 11.1. The SMILES string of the molecule is C#Cc1cc(N(C)C)c2c(c1O)C(=O)C1=C(O)[C@]3(O)C(=O)C(C(N)=O)=C(O)[C@@H](N(C)C)[C@@H]3[C@@H](O)[C@@H]1C2. The van der Waals surface area contributed by atoms with Crippen LogP contribution < -0.4 is 10.6 Å². The molecule has 5 atom stereocenters. The van der Waals surface area contributed by atoms with Crippen LogP contribution in [0.15, 0.2) is 28.7 Å². The number of carbonyl (C=O) groups excluding carboxylic acids is 3. The van der Waals surface area contributed by atoms with Crippen molar-refractivity contribution in [2.24, 2.45) is 17.6 Å². The molecule has 0 spiro atoms. The molecule has 3 aliphatic rings. The van der Waals surface area contributed by atoms with Gasteiger partial charge in [-0.3, -0.25) is 19.3 Å². The lowest BCUT2D eigenvalue weighted by Gasteiger charge is -2.52. The molecule has 3 aliphatic carbocycles. The van der Waals surface area contributed by atoms with E-state index in [9.17, 15) is 39.9 Å². The minimum absolute atomic E-state index is 0.0163. The molecule has 7 N–H and O–H groups in total. The smallest absolute Gasteiger partial charge is 0.255 e. The maximum Gasteiger partial charge on any atom is 0.255 e. The molecule has 0 aromatic heterocycles. The third-order valence-corrected chi connectivity index (χ3v) is 7.42. The number of benzene rings is 1. The molecule has 36 heavy (non-hydrogen) atoms. The number of aliphatic hydroxyl groups is 4. The minimum atomic E-state index is -2.95. The highest BCUT2D eigenvalue weighted by Crippen LogP contribution is 2.53. The van der Waals surface area contributed by atoms with Crippen LogP contribution in [0.25, 0.3) is 0 Å². The maximum atomic E-state index is 13.7. The third kappa shape index (κ3) is 3.02. The van der Waals surface area contributed by atoms with Crippen molar-refractivity contribution >= 4 is 23.2 Å². The Morgan fingerprint density at radius 3 is 2.31 bits per heavy atom. The summed E-state index contributed by atoms with van der Waals surface area (Å²) in [7, 11) is 6.35. The minimum Gasteiger partial charge on any atom is -0.510 e. The van der Waals surface area contributed by atoms with Gasteiger partial charge in [0.2, 0.25) is 5.78 Å². The lowest BCUT2D eigenvalue weighted by Crippen LogP contribution is -2.68. The van der Waals surface area contributed by atoms with E-state index in [0.29, 0.717) is 11.3 Å². The number of carbonyl (C=O) groups is 3. The zero-order chi connectivity index (χ0) is 27.0. The molecule has 4 rings (SSSR count). The highest BCUT2D eigenvalue weighted by atomic mass is 16.4. The molecule has 0 unspecified atom stereocenters. The van der Waals surface area contributed by atoms with Gasteiger partial charge in [0, 0.05) is 31.3 Å². The number of primary amides is 1. The summed E-state index contributed by atoms with van der Waals surface area (Å²) in [6.07, 6.45) is 3.79. The van der Waals surface area contributed by atoms with E-state index in [4.69, 9.17) is 12.2 Å². The number of ketones is 2. The molecule has 190 valence electrons. The van der Waals surface area contributed by atoms with Crippen LogP contribution in [0.5, 0.6) is 5.75 Å². The fourth-order valence-electron chi connectivity index (χ4n) is 5.82. The van der Waals surface area contributed by atoms with Gasteiger partial charge < -0.3 is 36.2 Å². The number of phenolic OH excluding ortho intramolecular Hbond substituents is 1. The quantitative estimate of drug-likeness (QED) is 0.227. The summed E-state index contributed by atoms with van der Waals surface area (Å²) in [4.78, 5) is 42.1. The number of Topliss-reactive ketones (excluding diaryl/α,β-unsaturated/α-hetero) is 2. The lowest BCUT2D eigenvalue weighted by molar-refractivity contribution is -0.161. The predicted molar refractivity (Wildman–Crippen MR) is 127 cm³/mol. The zero-order valence-corrected chi connectivity index (χ0v) is 20.1. The largest absolute Gasteiger partial charge is 0.510 e. The number of nitrogens with two attached hydrogens (primary N) is 1. The normalized spacial score (nSPS) is 29.5. The van der Waals surface area contributed by atoms with Crippen molar-refractivity contribution in [3.63, 3.8) is 0 Å². The number of terminal acetylenes is 1. The average molecular weight is 498 g/mol. The first kappa shape index (κ1) is 25.2. The van der Waals surface area contributed by atoms with E-state index in [1.807, 2.05) is 0 Å². The fraction of sp³-hybridized carbons (Fsp3) is 0.400. The summed E-state index contributed by atoms with van der Waals surface area (Å²) in [6, 6.07) is 0.207. The van der Waals surface area contributed by atoms with Crippen molar-refractivity contribution in [1.29, 1.82) is 0 Å². The Bertz CT molecular complexity index is 1340. The summed E-state index contributed by atoms with van der Waals surface area (Å²) < 4.78 is 0. The van der Waals surface area contributed by atoms with Crippen LogP contribution in [0, 0.1) is 24.2 Å². The Kier molecular flexibility index (Phi) is 5.68. The third-order valence-electron chi connectivity index (χ3n) is 7.42. The van der Waals surface area contributed by atoms with Gasteiger partial charge in [0.1, 0.15) is 22.8 Å². The van der Waals surface area contributed by atoms with Gasteiger partial charge in [0.05, 0.1) is 29.2 Å². The number of amides is 1. The number of phenols is 1. The van der Waals surface area contributed by atoms with Crippen LogP contribution in [0.4, 0.5) is 5.69 Å². The van der Waals surface area contributed by atoms with Gasteiger partial charge in [-0.25, -0.2) is 0 Å². The van der Waals surface area contributed by atoms with Crippen molar-refractivity contribution in [2.45, 2.75) is 24.2 Å². The number of rotatable bonds is 3. The fourth-order valence-corrected chi connectivity index (χ4v) is 5.82. The van der Waals surface area contributed by atoms with Gasteiger partial charge in [0.25, 0.3) is 5.91 Å². The molecule has 0 fully saturated rings. The van der Waals surface area contributed by atoms with Crippen LogP contribution in [0.2, 0.25) is 0 Å². The average Bonchev–Trinajstić information content (AvgIpc) is 2.78. The van der Waals surface area contributed by atoms with E-state index in [1.165, 1.54) is 25.1 Å². The molecule has 0 heterocycles. The first-order chi connectivity index (χ1) is 16.7. The molecule has 0 saturated heterocycles. The zero-order valence-electron chi connectivity index (χ0n) is 20.1. The van der Waals surface area contributed by atoms with Crippen LogP contribution in [0.3, 0.4) is 0 Å². The van der Waals surface area contributed by atoms with Crippen LogP contribution in [-0.2, 0) is 16.0 Å². The Hall–Kier alpha value is -3.85. The van der Waals surface area contributed by atoms with E-state index in [0.717, 1.165) is 0 Å². The number of aliphatic hydroxyl groups excluding tert-OH is 3. The lowest BCUT2D eigenvalue weighted by atomic mass is 9.57. The molecular formula is C25H27N3O8. The summed E-state index contributed by atoms with van der Waals surface area (Å²) >= 11 is 0. The second-order valence-electron chi connectivity index (χ2n) is 9.73. The number of nitrogens with zero attached hydrogens (tertiary/aromatic N) is 2. The monoisotopic (exact) mass is 497 g/mol. The summed E-state index contributed by atoms with van der Waals surface area (Å²) in [6.45, 7) is 0. The Labute approximate surface area is 206 Å². The molecule has 0 saturated carbocycles. The number of likely N-dealkylation sites (N-methyl/N-ethyl adjacent to an activating group) is 1. The van der Waals surface area contributed by atoms with Crippen molar-refractivity contribution < 1.29 is 39.9 Å². The van der Waals surface area contributed by atoms with Gasteiger partial charge in [-0.05, 0) is 32.1 Å². The van der Waals surface area contributed by atoms with Gasteiger partial charge in [-0.2, -0.15) is 0 Å². The first-order valence-electron chi connectivity index (χ1n) is 11.1. The topological polar surface area (TPSA) is 185 Å². The summed E-state index contributed by atoms with van der Waals surface area (Å²) in [5, 5.41) is 56.0. The van der Waals surface area contributed by atoms with Gasteiger partial charge in [-0.1, -0.05) is 5.92 Å². The van der Waals surface area contributed by atoms with Crippen molar-refractivity contribution in [2.75, 3.05) is 33.1 Å². The van der Waals surface area contributed by atoms with Crippen molar-refractivity contribution in [3.05, 3.63) is 45.4 Å². The number of anilines is 1. The molecule has 11 heteroatoms.